The molecular weight excluding hydrogens is 365 g/mol. The zero-order valence-electron chi connectivity index (χ0n) is 8.15. The van der Waals surface area contributed by atoms with Crippen LogP contribution in [0, 0.1) is 0 Å². The summed E-state index contributed by atoms with van der Waals surface area (Å²) in [4.78, 5) is 6.38. The van der Waals surface area contributed by atoms with Gasteiger partial charge in [0, 0.05) is 0 Å². The Balaban J connectivity index is 2.59. The summed E-state index contributed by atoms with van der Waals surface area (Å²) in [5, 5.41) is 0. The molecule has 17 heavy (non-hydrogen) atoms. The SMILES string of the molecule is FC(F)(F)/C(=C1\C=CC(Br)=N1)c1ccc(Br)[nH]1. The molecule has 1 N–H and O–H groups in total. The number of hydrogen-bond acceptors (Lipinski definition) is 1. The molecule has 2 heterocycles. The smallest absolute Gasteiger partial charge is 0.349 e. The van der Waals surface area contributed by atoms with Crippen LogP contribution in [0.3, 0.4) is 0 Å². The number of H-pyrrole nitrogens is 1. The average Bonchev–Trinajstić information content (AvgIpc) is 2.75. The number of rotatable bonds is 1. The number of nitrogens with one attached hydrogen (secondary N) is 1. The predicted molar refractivity (Wildman–Crippen MR) is 67.0 cm³/mol. The number of aromatic nitrogens is 1. The molecule has 1 aromatic rings. The van der Waals surface area contributed by atoms with Crippen LogP contribution in [0.25, 0.3) is 5.57 Å². The van der Waals surface area contributed by atoms with Crippen LogP contribution >= 0.6 is 31.9 Å². The average molecular weight is 370 g/mol. The van der Waals surface area contributed by atoms with E-state index in [9.17, 15) is 13.2 Å². The van der Waals surface area contributed by atoms with E-state index in [4.69, 9.17) is 0 Å². The Morgan fingerprint density at radius 2 is 1.88 bits per heavy atom. The van der Waals surface area contributed by atoms with Gasteiger partial charge in [-0.2, -0.15) is 13.2 Å². The lowest BCUT2D eigenvalue weighted by atomic mass is 10.1. The highest BCUT2D eigenvalue weighted by Crippen LogP contribution is 2.38. The second-order valence-electron chi connectivity index (χ2n) is 3.25. The van der Waals surface area contributed by atoms with Crippen LogP contribution in [-0.2, 0) is 0 Å². The molecule has 0 amide bonds. The third-order valence-corrected chi connectivity index (χ3v) is 2.97. The van der Waals surface area contributed by atoms with Crippen LogP contribution < -0.4 is 0 Å². The maximum absolute atomic E-state index is 13.0. The lowest BCUT2D eigenvalue weighted by molar-refractivity contribution is -0.0695. The molecule has 1 aliphatic rings. The second kappa shape index (κ2) is 4.45. The van der Waals surface area contributed by atoms with Gasteiger partial charge < -0.3 is 4.98 Å². The Morgan fingerprint density at radius 1 is 1.18 bits per heavy atom. The predicted octanol–water partition coefficient (Wildman–Crippen LogP) is 4.41. The Morgan fingerprint density at radius 3 is 2.29 bits per heavy atom. The van der Waals surface area contributed by atoms with Gasteiger partial charge >= 0.3 is 6.18 Å². The molecular formula is C10H5Br2F3N2. The van der Waals surface area contributed by atoms with Crippen molar-refractivity contribution < 1.29 is 13.2 Å². The highest BCUT2D eigenvalue weighted by atomic mass is 79.9. The van der Waals surface area contributed by atoms with Crippen LogP contribution in [0.4, 0.5) is 13.2 Å². The third kappa shape index (κ3) is 2.71. The van der Waals surface area contributed by atoms with Gasteiger partial charge in [-0.15, -0.1) is 0 Å². The molecule has 0 saturated heterocycles. The van der Waals surface area contributed by atoms with E-state index in [1.54, 1.807) is 0 Å². The number of allylic oxidation sites excluding steroid dienone is 3. The number of aliphatic imine (C=N–C) groups is 1. The Hall–Kier alpha value is -0.820. The van der Waals surface area contributed by atoms with Gasteiger partial charge in [0.1, 0.15) is 10.2 Å². The van der Waals surface area contributed by atoms with Crippen LogP contribution in [-0.4, -0.2) is 15.8 Å². The summed E-state index contributed by atoms with van der Waals surface area (Å²) >= 11 is 6.11. The molecule has 2 nitrogen and oxygen atoms in total. The first-order chi connectivity index (χ1) is 7.88. The zero-order chi connectivity index (χ0) is 12.6. The standard InChI is InChI=1S/C10H5Br2F3N2/c11-7-3-1-5(16-7)9(10(13,14)15)6-2-4-8(12)17-6/h1-4,16H/b9-6+. The summed E-state index contributed by atoms with van der Waals surface area (Å²) < 4.78 is 39.8. The van der Waals surface area contributed by atoms with E-state index in [1.165, 1.54) is 24.3 Å². The molecule has 0 radical (unpaired) electrons. The van der Waals surface area contributed by atoms with Gasteiger partial charge in [-0.25, -0.2) is 4.99 Å². The molecule has 7 heteroatoms. The molecule has 0 spiro atoms. The van der Waals surface area contributed by atoms with Gasteiger partial charge in [-0.05, 0) is 56.1 Å². The summed E-state index contributed by atoms with van der Waals surface area (Å²) in [6.45, 7) is 0. The molecule has 0 saturated carbocycles. The van der Waals surface area contributed by atoms with Gasteiger partial charge in [-0.3, -0.25) is 0 Å². The molecule has 0 bridgehead atoms. The first-order valence-corrected chi connectivity index (χ1v) is 6.05. The number of alkyl halides is 3. The monoisotopic (exact) mass is 368 g/mol. The number of halogens is 5. The van der Waals surface area contributed by atoms with Crippen molar-refractivity contribution in [2.24, 2.45) is 4.99 Å². The molecule has 0 atom stereocenters. The second-order valence-corrected chi connectivity index (χ2v) is 4.91. The Kier molecular flexibility index (Phi) is 3.31. The van der Waals surface area contributed by atoms with Crippen molar-refractivity contribution >= 4 is 42.1 Å². The van der Waals surface area contributed by atoms with Gasteiger partial charge in [0.15, 0.2) is 0 Å². The van der Waals surface area contributed by atoms with Crippen molar-refractivity contribution in [3.05, 3.63) is 40.3 Å². The van der Waals surface area contributed by atoms with E-state index in [0.29, 0.717) is 9.22 Å². The molecule has 2 rings (SSSR count). The van der Waals surface area contributed by atoms with E-state index >= 15 is 0 Å². The van der Waals surface area contributed by atoms with Crippen molar-refractivity contribution in [1.29, 1.82) is 0 Å². The van der Waals surface area contributed by atoms with Gasteiger partial charge in [0.05, 0.1) is 16.0 Å². The van der Waals surface area contributed by atoms with Gasteiger partial charge in [0.2, 0.25) is 0 Å². The zero-order valence-corrected chi connectivity index (χ0v) is 11.3. The highest BCUT2D eigenvalue weighted by Gasteiger charge is 2.38. The molecule has 0 aromatic carbocycles. The minimum absolute atomic E-state index is 0.0185. The van der Waals surface area contributed by atoms with Crippen molar-refractivity contribution in [3.8, 4) is 0 Å². The van der Waals surface area contributed by atoms with Gasteiger partial charge in [0.25, 0.3) is 0 Å². The summed E-state index contributed by atoms with van der Waals surface area (Å²) in [5.41, 5.74) is -0.914. The fraction of sp³-hybridized carbons (Fsp3) is 0.100. The normalized spacial score (nSPS) is 18.5. The molecule has 1 aliphatic heterocycles. The third-order valence-electron chi connectivity index (χ3n) is 2.07. The molecule has 90 valence electrons. The van der Waals surface area contributed by atoms with Crippen LogP contribution in [0.15, 0.2) is 39.6 Å². The molecule has 1 aromatic heterocycles. The topological polar surface area (TPSA) is 28.1 Å². The van der Waals surface area contributed by atoms with E-state index in [0.717, 1.165) is 0 Å². The maximum atomic E-state index is 13.0. The van der Waals surface area contributed by atoms with E-state index in [-0.39, 0.29) is 11.4 Å². The quantitative estimate of drug-likeness (QED) is 0.759. The summed E-state index contributed by atoms with van der Waals surface area (Å²) in [6, 6.07) is 2.87. The molecule has 0 fully saturated rings. The lowest BCUT2D eigenvalue weighted by Crippen LogP contribution is -2.12. The molecule has 0 unspecified atom stereocenters. The maximum Gasteiger partial charge on any atom is 0.420 e. The summed E-state index contributed by atoms with van der Waals surface area (Å²) in [7, 11) is 0. The van der Waals surface area contributed by atoms with Crippen LogP contribution in [0.2, 0.25) is 0 Å². The fourth-order valence-electron chi connectivity index (χ4n) is 1.43. The van der Waals surface area contributed by atoms with E-state index in [2.05, 4.69) is 41.8 Å². The highest BCUT2D eigenvalue weighted by molar-refractivity contribution is 9.18. The minimum atomic E-state index is -4.47. The van der Waals surface area contributed by atoms with Gasteiger partial charge in [-0.1, -0.05) is 0 Å². The summed E-state index contributed by atoms with van der Waals surface area (Å²) in [5.74, 6) is 0. The first kappa shape index (κ1) is 12.6. The number of aromatic amines is 1. The lowest BCUT2D eigenvalue weighted by Gasteiger charge is -2.11. The fourth-order valence-corrected chi connectivity index (χ4v) is 2.10. The van der Waals surface area contributed by atoms with Crippen LogP contribution in [0.5, 0.6) is 0 Å². The number of hydrogen-bond donors (Lipinski definition) is 1. The van der Waals surface area contributed by atoms with E-state index in [1.807, 2.05) is 0 Å². The molecule has 0 aliphatic carbocycles. The van der Waals surface area contributed by atoms with Crippen molar-refractivity contribution in [3.63, 3.8) is 0 Å². The van der Waals surface area contributed by atoms with Crippen molar-refractivity contribution in [2.45, 2.75) is 6.18 Å². The van der Waals surface area contributed by atoms with Crippen molar-refractivity contribution in [2.75, 3.05) is 0 Å². The van der Waals surface area contributed by atoms with Crippen LogP contribution in [0.1, 0.15) is 5.69 Å². The Labute approximate surface area is 112 Å². The first-order valence-electron chi connectivity index (χ1n) is 4.46. The van der Waals surface area contributed by atoms with Crippen molar-refractivity contribution in [1.82, 2.24) is 4.98 Å². The largest absolute Gasteiger partial charge is 0.420 e. The number of nitrogens with zero attached hydrogens (tertiary/aromatic N) is 1. The minimum Gasteiger partial charge on any atom is -0.349 e. The van der Waals surface area contributed by atoms with E-state index < -0.39 is 11.7 Å². The Bertz CT molecular complexity index is 538. The summed E-state index contributed by atoms with van der Waals surface area (Å²) in [6.07, 6.45) is -1.67.